The lowest BCUT2D eigenvalue weighted by atomic mass is 9.98. The Hall–Kier alpha value is -1.42. The zero-order valence-corrected chi connectivity index (χ0v) is 12.0. The van der Waals surface area contributed by atoms with Crippen molar-refractivity contribution in [1.29, 1.82) is 0 Å². The molecule has 108 valence electrons. The van der Waals surface area contributed by atoms with Gasteiger partial charge in [-0.05, 0) is 29.2 Å². The van der Waals surface area contributed by atoms with Gasteiger partial charge in [-0.1, -0.05) is 42.5 Å². The fraction of sp³-hybridized carbons (Fsp3) is 0.412. The Morgan fingerprint density at radius 3 is 2.65 bits per heavy atom. The predicted octanol–water partition coefficient (Wildman–Crippen LogP) is 2.76. The summed E-state index contributed by atoms with van der Waals surface area (Å²) in [6.45, 7) is 1.96. The summed E-state index contributed by atoms with van der Waals surface area (Å²) in [4.78, 5) is 0. The summed E-state index contributed by atoms with van der Waals surface area (Å²) in [5.41, 5.74) is 7.51. The van der Waals surface area contributed by atoms with Gasteiger partial charge in [0.15, 0.2) is 0 Å². The number of nitrogens with two attached hydrogens (primary N) is 1. The van der Waals surface area contributed by atoms with Crippen molar-refractivity contribution in [2.45, 2.75) is 18.9 Å². The average Bonchev–Trinajstić information content (AvgIpc) is 2.47. The molecule has 0 aliphatic rings. The molecule has 2 aromatic carbocycles. The van der Waals surface area contributed by atoms with Crippen LogP contribution in [0.1, 0.15) is 12.0 Å². The maximum atomic E-state index is 6.20. The monoisotopic (exact) mass is 273 g/mol. The van der Waals surface area contributed by atoms with Crippen molar-refractivity contribution in [3.8, 4) is 0 Å². The Labute approximate surface area is 120 Å². The van der Waals surface area contributed by atoms with Crippen molar-refractivity contribution < 1.29 is 9.47 Å². The van der Waals surface area contributed by atoms with Crippen LogP contribution < -0.4 is 5.73 Å². The van der Waals surface area contributed by atoms with Crippen LogP contribution in [0.25, 0.3) is 10.8 Å². The minimum atomic E-state index is 0.128. The van der Waals surface area contributed by atoms with E-state index in [1.54, 1.807) is 7.11 Å². The quantitative estimate of drug-likeness (QED) is 0.752. The minimum Gasteiger partial charge on any atom is -0.382 e. The molecule has 0 aromatic heterocycles. The second-order valence-electron chi connectivity index (χ2n) is 5.00. The molecule has 1 atom stereocenters. The minimum absolute atomic E-state index is 0.128. The highest BCUT2D eigenvalue weighted by Gasteiger charge is 2.07. The van der Waals surface area contributed by atoms with E-state index in [1.807, 2.05) is 0 Å². The molecule has 0 heterocycles. The largest absolute Gasteiger partial charge is 0.382 e. The topological polar surface area (TPSA) is 44.5 Å². The number of methoxy groups -OCH3 is 1. The van der Waals surface area contributed by atoms with Gasteiger partial charge in [0.1, 0.15) is 0 Å². The Morgan fingerprint density at radius 1 is 1.00 bits per heavy atom. The first-order valence-electron chi connectivity index (χ1n) is 7.10. The second-order valence-corrected chi connectivity index (χ2v) is 5.00. The molecule has 0 fully saturated rings. The van der Waals surface area contributed by atoms with E-state index in [9.17, 15) is 0 Å². The molecule has 0 spiro atoms. The van der Waals surface area contributed by atoms with Crippen LogP contribution >= 0.6 is 0 Å². The molecule has 1 unspecified atom stereocenters. The van der Waals surface area contributed by atoms with Gasteiger partial charge in [0, 0.05) is 19.8 Å². The Morgan fingerprint density at radius 2 is 1.80 bits per heavy atom. The van der Waals surface area contributed by atoms with E-state index in [0.717, 1.165) is 12.8 Å². The number of benzene rings is 2. The van der Waals surface area contributed by atoms with Crippen molar-refractivity contribution in [3.05, 3.63) is 48.0 Å². The van der Waals surface area contributed by atoms with E-state index in [0.29, 0.717) is 19.8 Å². The van der Waals surface area contributed by atoms with E-state index < -0.39 is 0 Å². The van der Waals surface area contributed by atoms with Crippen LogP contribution in [0.5, 0.6) is 0 Å². The third-order valence-corrected chi connectivity index (χ3v) is 3.43. The predicted molar refractivity (Wildman–Crippen MR) is 82.9 cm³/mol. The summed E-state index contributed by atoms with van der Waals surface area (Å²) in [6.07, 6.45) is 1.75. The molecule has 3 heteroatoms. The van der Waals surface area contributed by atoms with Gasteiger partial charge in [0.2, 0.25) is 0 Å². The Kier molecular flexibility index (Phi) is 5.99. The summed E-state index contributed by atoms with van der Waals surface area (Å²) in [7, 11) is 1.68. The Bertz CT molecular complexity index is 522. The number of ether oxygens (including phenoxy) is 2. The average molecular weight is 273 g/mol. The van der Waals surface area contributed by atoms with Crippen molar-refractivity contribution in [2.24, 2.45) is 5.73 Å². The maximum Gasteiger partial charge on any atom is 0.0700 e. The molecule has 2 rings (SSSR count). The van der Waals surface area contributed by atoms with Gasteiger partial charge in [0.25, 0.3) is 0 Å². The van der Waals surface area contributed by atoms with Crippen molar-refractivity contribution in [1.82, 2.24) is 0 Å². The van der Waals surface area contributed by atoms with E-state index in [-0.39, 0.29) is 6.04 Å². The normalized spacial score (nSPS) is 12.7. The van der Waals surface area contributed by atoms with Crippen molar-refractivity contribution in [2.75, 3.05) is 26.9 Å². The molecule has 2 N–H and O–H groups in total. The molecular formula is C17H23NO2. The lowest BCUT2D eigenvalue weighted by Gasteiger charge is -2.13. The van der Waals surface area contributed by atoms with Gasteiger partial charge < -0.3 is 15.2 Å². The highest BCUT2D eigenvalue weighted by atomic mass is 16.5. The number of hydrogen-bond acceptors (Lipinski definition) is 3. The summed E-state index contributed by atoms with van der Waals surface area (Å²) >= 11 is 0. The van der Waals surface area contributed by atoms with E-state index in [4.69, 9.17) is 15.2 Å². The summed E-state index contributed by atoms with van der Waals surface area (Å²) < 4.78 is 10.4. The van der Waals surface area contributed by atoms with Gasteiger partial charge in [-0.3, -0.25) is 0 Å². The van der Waals surface area contributed by atoms with Crippen LogP contribution in [0.3, 0.4) is 0 Å². The molecule has 2 aromatic rings. The molecule has 0 amide bonds. The third kappa shape index (κ3) is 4.30. The molecule has 0 aliphatic carbocycles. The van der Waals surface area contributed by atoms with Gasteiger partial charge in [-0.2, -0.15) is 0 Å². The van der Waals surface area contributed by atoms with E-state index in [2.05, 4.69) is 42.5 Å². The fourth-order valence-corrected chi connectivity index (χ4v) is 2.33. The standard InChI is InChI=1S/C17H23NO2/c1-19-11-12-20-10-9-16(18)13-15-7-4-6-14-5-2-3-8-17(14)15/h2-8,16H,9-13,18H2,1H3. The van der Waals surface area contributed by atoms with Gasteiger partial charge in [0.05, 0.1) is 13.2 Å². The van der Waals surface area contributed by atoms with Crippen LogP contribution in [0.4, 0.5) is 0 Å². The van der Waals surface area contributed by atoms with Gasteiger partial charge >= 0.3 is 0 Å². The zero-order valence-electron chi connectivity index (χ0n) is 12.0. The molecular weight excluding hydrogens is 250 g/mol. The van der Waals surface area contributed by atoms with Gasteiger partial charge in [-0.25, -0.2) is 0 Å². The first-order valence-corrected chi connectivity index (χ1v) is 7.10. The highest BCUT2D eigenvalue weighted by molar-refractivity contribution is 5.85. The summed E-state index contributed by atoms with van der Waals surface area (Å²) in [6, 6.07) is 15.0. The zero-order chi connectivity index (χ0) is 14.2. The van der Waals surface area contributed by atoms with E-state index in [1.165, 1.54) is 16.3 Å². The molecule has 0 bridgehead atoms. The molecule has 0 radical (unpaired) electrons. The number of rotatable bonds is 8. The molecule has 3 nitrogen and oxygen atoms in total. The molecule has 0 saturated heterocycles. The molecule has 0 saturated carbocycles. The van der Waals surface area contributed by atoms with Crippen LogP contribution in [0.15, 0.2) is 42.5 Å². The van der Waals surface area contributed by atoms with Crippen LogP contribution in [0.2, 0.25) is 0 Å². The Balaban J connectivity index is 1.88. The first kappa shape index (κ1) is 15.0. The first-order chi connectivity index (χ1) is 9.81. The summed E-state index contributed by atoms with van der Waals surface area (Å²) in [5, 5.41) is 2.57. The lowest BCUT2D eigenvalue weighted by molar-refractivity contribution is 0.0672. The van der Waals surface area contributed by atoms with Crippen molar-refractivity contribution >= 4 is 10.8 Å². The van der Waals surface area contributed by atoms with E-state index >= 15 is 0 Å². The molecule has 0 aliphatic heterocycles. The second kappa shape index (κ2) is 8.00. The number of hydrogen-bond donors (Lipinski definition) is 1. The highest BCUT2D eigenvalue weighted by Crippen LogP contribution is 2.19. The van der Waals surface area contributed by atoms with Crippen molar-refractivity contribution in [3.63, 3.8) is 0 Å². The van der Waals surface area contributed by atoms with Crippen LogP contribution in [-0.2, 0) is 15.9 Å². The summed E-state index contributed by atoms with van der Waals surface area (Å²) in [5.74, 6) is 0. The fourth-order valence-electron chi connectivity index (χ4n) is 2.33. The van der Waals surface area contributed by atoms with Crippen LogP contribution in [-0.4, -0.2) is 33.0 Å². The third-order valence-electron chi connectivity index (χ3n) is 3.43. The smallest absolute Gasteiger partial charge is 0.0700 e. The van der Waals surface area contributed by atoms with Crippen LogP contribution in [0, 0.1) is 0 Å². The molecule has 20 heavy (non-hydrogen) atoms. The lowest BCUT2D eigenvalue weighted by Crippen LogP contribution is -2.25. The van der Waals surface area contributed by atoms with Gasteiger partial charge in [-0.15, -0.1) is 0 Å². The SMILES string of the molecule is COCCOCCC(N)Cc1cccc2ccccc12. The number of fused-ring (bicyclic) bond motifs is 1. The maximum absolute atomic E-state index is 6.20.